The summed E-state index contributed by atoms with van der Waals surface area (Å²) in [6.45, 7) is 3.27. The molecule has 0 saturated carbocycles. The Balaban J connectivity index is 1.57. The molecule has 0 bridgehead atoms. The van der Waals surface area contributed by atoms with Crippen LogP contribution in [0.3, 0.4) is 0 Å². The third-order valence-electron chi connectivity index (χ3n) is 4.76. The molecule has 1 unspecified atom stereocenters. The summed E-state index contributed by atoms with van der Waals surface area (Å²) in [7, 11) is 1.82. The maximum Gasteiger partial charge on any atom is 0.317 e. The minimum absolute atomic E-state index is 0.0579. The monoisotopic (exact) mass is 341 g/mol. The molecule has 2 aromatic rings. The van der Waals surface area contributed by atoms with E-state index < -0.39 is 0 Å². The molecular formula is C20H27N3O2. The lowest BCUT2D eigenvalue weighted by Gasteiger charge is -2.33. The Hall–Kier alpha value is -2.27. The number of carbonyl (C=O) groups is 1. The van der Waals surface area contributed by atoms with E-state index in [2.05, 4.69) is 10.2 Å². The first-order chi connectivity index (χ1) is 12.2. The molecule has 0 spiro atoms. The number of likely N-dealkylation sites (tertiary alicyclic amines) is 1. The van der Waals surface area contributed by atoms with Gasteiger partial charge in [-0.15, -0.1) is 0 Å². The van der Waals surface area contributed by atoms with Crippen LogP contribution in [0.15, 0.2) is 53.1 Å². The Kier molecular flexibility index (Phi) is 6.12. The van der Waals surface area contributed by atoms with Crippen LogP contribution in [0.5, 0.6) is 0 Å². The fourth-order valence-corrected chi connectivity index (χ4v) is 3.37. The van der Waals surface area contributed by atoms with Crippen molar-refractivity contribution in [3.63, 3.8) is 0 Å². The predicted octanol–water partition coefficient (Wildman–Crippen LogP) is 3.65. The molecule has 1 aromatic carbocycles. The van der Waals surface area contributed by atoms with E-state index in [0.29, 0.717) is 13.1 Å². The van der Waals surface area contributed by atoms with Gasteiger partial charge in [0, 0.05) is 20.1 Å². The molecule has 1 fully saturated rings. The topological polar surface area (TPSA) is 48.7 Å². The summed E-state index contributed by atoms with van der Waals surface area (Å²) in [4.78, 5) is 16.6. The average Bonchev–Trinajstić information content (AvgIpc) is 3.18. The molecule has 1 atom stereocenters. The van der Waals surface area contributed by atoms with Crippen LogP contribution in [0, 0.1) is 0 Å². The first-order valence-electron chi connectivity index (χ1n) is 9.04. The summed E-state index contributed by atoms with van der Waals surface area (Å²) >= 11 is 0. The summed E-state index contributed by atoms with van der Waals surface area (Å²) in [6, 6.07) is 14.0. The van der Waals surface area contributed by atoms with Crippen LogP contribution in [0.1, 0.15) is 36.6 Å². The summed E-state index contributed by atoms with van der Waals surface area (Å²) in [6.07, 6.45) is 5.40. The van der Waals surface area contributed by atoms with Gasteiger partial charge < -0.3 is 14.6 Å². The first kappa shape index (κ1) is 17.5. The minimum Gasteiger partial charge on any atom is -0.468 e. The van der Waals surface area contributed by atoms with Gasteiger partial charge in [0.05, 0.1) is 12.3 Å². The molecule has 1 N–H and O–H groups in total. The molecule has 1 aliphatic heterocycles. The summed E-state index contributed by atoms with van der Waals surface area (Å²) < 4.78 is 5.63. The van der Waals surface area contributed by atoms with E-state index in [1.54, 1.807) is 11.2 Å². The van der Waals surface area contributed by atoms with E-state index in [1.807, 2.05) is 49.5 Å². The van der Waals surface area contributed by atoms with Crippen LogP contribution in [-0.2, 0) is 6.54 Å². The number of nitrogens with one attached hydrogen (secondary N) is 1. The zero-order chi connectivity index (χ0) is 17.5. The molecule has 1 saturated heterocycles. The number of furan rings is 1. The SMILES string of the molecule is CN(Cc1ccccc1)C(=O)NCC(c1ccco1)N1CCCCC1. The molecule has 2 heterocycles. The smallest absolute Gasteiger partial charge is 0.317 e. The zero-order valence-corrected chi connectivity index (χ0v) is 14.9. The van der Waals surface area contributed by atoms with Crippen LogP contribution in [0.4, 0.5) is 4.79 Å². The lowest BCUT2D eigenvalue weighted by molar-refractivity contribution is 0.140. The van der Waals surface area contributed by atoms with Crippen LogP contribution in [0.2, 0.25) is 0 Å². The Bertz CT molecular complexity index is 636. The third-order valence-corrected chi connectivity index (χ3v) is 4.76. The van der Waals surface area contributed by atoms with Crippen LogP contribution in [-0.4, -0.2) is 42.5 Å². The molecular weight excluding hydrogens is 314 g/mol. The van der Waals surface area contributed by atoms with E-state index in [1.165, 1.54) is 19.3 Å². The summed E-state index contributed by atoms with van der Waals surface area (Å²) in [5.41, 5.74) is 1.12. The standard InChI is InChI=1S/C20H27N3O2/c1-22(16-17-9-4-2-5-10-17)20(24)21-15-18(19-11-8-14-25-19)23-12-6-3-7-13-23/h2,4-5,8-11,14,18H,3,6-7,12-13,15-16H2,1H3,(H,21,24). The van der Waals surface area contributed by atoms with Gasteiger partial charge in [0.25, 0.3) is 0 Å². The second kappa shape index (κ2) is 8.72. The van der Waals surface area contributed by atoms with Gasteiger partial charge in [-0.25, -0.2) is 4.79 Å². The maximum atomic E-state index is 12.5. The van der Waals surface area contributed by atoms with Gasteiger partial charge in [0.2, 0.25) is 0 Å². The molecule has 1 aromatic heterocycles. The molecule has 134 valence electrons. The highest BCUT2D eigenvalue weighted by Gasteiger charge is 2.25. The molecule has 5 heteroatoms. The molecule has 1 aliphatic rings. The highest BCUT2D eigenvalue weighted by atomic mass is 16.3. The average molecular weight is 341 g/mol. The Labute approximate surface area is 149 Å². The number of amides is 2. The fourth-order valence-electron chi connectivity index (χ4n) is 3.37. The second-order valence-corrected chi connectivity index (χ2v) is 6.66. The number of benzene rings is 1. The molecule has 5 nitrogen and oxygen atoms in total. The van der Waals surface area contributed by atoms with Gasteiger partial charge in [0.1, 0.15) is 5.76 Å². The number of hydrogen-bond donors (Lipinski definition) is 1. The number of rotatable bonds is 6. The minimum atomic E-state index is -0.0579. The normalized spacial score (nSPS) is 16.4. The second-order valence-electron chi connectivity index (χ2n) is 6.66. The van der Waals surface area contributed by atoms with Crippen molar-refractivity contribution in [2.75, 3.05) is 26.7 Å². The van der Waals surface area contributed by atoms with Crippen molar-refractivity contribution in [1.82, 2.24) is 15.1 Å². The van der Waals surface area contributed by atoms with Crippen molar-refractivity contribution in [3.05, 3.63) is 60.1 Å². The Morgan fingerprint density at radius 2 is 1.92 bits per heavy atom. The van der Waals surface area contributed by atoms with Crippen molar-refractivity contribution < 1.29 is 9.21 Å². The molecule has 2 amide bonds. The van der Waals surface area contributed by atoms with Gasteiger partial charge in [-0.2, -0.15) is 0 Å². The molecule has 25 heavy (non-hydrogen) atoms. The summed E-state index contributed by atoms with van der Waals surface area (Å²) in [5.74, 6) is 0.924. The van der Waals surface area contributed by atoms with E-state index in [-0.39, 0.29) is 12.1 Å². The van der Waals surface area contributed by atoms with Gasteiger partial charge in [-0.3, -0.25) is 4.90 Å². The van der Waals surface area contributed by atoms with Crippen molar-refractivity contribution in [1.29, 1.82) is 0 Å². The van der Waals surface area contributed by atoms with E-state index in [9.17, 15) is 4.79 Å². The van der Waals surface area contributed by atoms with E-state index in [0.717, 1.165) is 24.4 Å². The van der Waals surface area contributed by atoms with E-state index in [4.69, 9.17) is 4.42 Å². The number of carbonyl (C=O) groups excluding carboxylic acids is 1. The van der Waals surface area contributed by atoms with Gasteiger partial charge in [0.15, 0.2) is 0 Å². The Morgan fingerprint density at radius 1 is 1.16 bits per heavy atom. The van der Waals surface area contributed by atoms with Crippen molar-refractivity contribution in [2.24, 2.45) is 0 Å². The zero-order valence-electron chi connectivity index (χ0n) is 14.9. The van der Waals surface area contributed by atoms with Crippen LogP contribution in [0.25, 0.3) is 0 Å². The number of hydrogen-bond acceptors (Lipinski definition) is 3. The third kappa shape index (κ3) is 4.86. The van der Waals surface area contributed by atoms with Crippen molar-refractivity contribution >= 4 is 6.03 Å². The van der Waals surface area contributed by atoms with Gasteiger partial charge >= 0.3 is 6.03 Å². The van der Waals surface area contributed by atoms with Gasteiger partial charge in [-0.1, -0.05) is 36.8 Å². The number of nitrogens with zero attached hydrogens (tertiary/aromatic N) is 2. The van der Waals surface area contributed by atoms with Crippen molar-refractivity contribution in [2.45, 2.75) is 31.8 Å². The van der Waals surface area contributed by atoms with Crippen LogP contribution >= 0.6 is 0 Å². The fraction of sp³-hybridized carbons (Fsp3) is 0.450. The first-order valence-corrected chi connectivity index (χ1v) is 9.04. The molecule has 0 aliphatic carbocycles. The highest BCUT2D eigenvalue weighted by Crippen LogP contribution is 2.24. The summed E-state index contributed by atoms with van der Waals surface area (Å²) in [5, 5.41) is 3.07. The Morgan fingerprint density at radius 3 is 2.60 bits per heavy atom. The van der Waals surface area contributed by atoms with Gasteiger partial charge in [-0.05, 0) is 43.6 Å². The molecule has 3 rings (SSSR count). The number of piperidine rings is 1. The molecule has 0 radical (unpaired) electrons. The van der Waals surface area contributed by atoms with E-state index >= 15 is 0 Å². The lowest BCUT2D eigenvalue weighted by Crippen LogP contribution is -2.44. The maximum absolute atomic E-state index is 12.5. The van der Waals surface area contributed by atoms with Crippen molar-refractivity contribution in [3.8, 4) is 0 Å². The van der Waals surface area contributed by atoms with Crippen LogP contribution < -0.4 is 5.32 Å². The predicted molar refractivity (Wildman–Crippen MR) is 98.2 cm³/mol. The number of urea groups is 1. The largest absolute Gasteiger partial charge is 0.468 e. The quantitative estimate of drug-likeness (QED) is 0.872. The lowest BCUT2D eigenvalue weighted by atomic mass is 10.1. The highest BCUT2D eigenvalue weighted by molar-refractivity contribution is 5.73.